The highest BCUT2D eigenvalue weighted by molar-refractivity contribution is 5.91. The molecule has 1 aromatic heterocycles. The fraction of sp³-hybridized carbons (Fsp3) is 0.308. The maximum atomic E-state index is 11.8. The molecule has 8 heteroatoms. The Morgan fingerprint density at radius 2 is 2.14 bits per heavy atom. The number of rotatable bonds is 6. The predicted molar refractivity (Wildman–Crippen MR) is 80.1 cm³/mol. The number of carbonyl (C=O) groups is 1. The normalized spacial score (nSPS) is 11.5. The third kappa shape index (κ3) is 4.82. The van der Waals surface area contributed by atoms with E-state index in [1.165, 1.54) is 13.5 Å². The minimum Gasteiger partial charge on any atom is -0.380 e. The number of hydrogen-bond donors (Lipinski definition) is 2. The molecule has 0 fully saturated rings. The first-order valence-corrected chi connectivity index (χ1v) is 6.12. The molecule has 0 saturated carbocycles. The number of hydrogen-bond acceptors (Lipinski definition) is 6. The molecule has 114 valence electrons. The van der Waals surface area contributed by atoms with Crippen molar-refractivity contribution in [1.29, 1.82) is 0 Å². The molecule has 2 aromatic rings. The van der Waals surface area contributed by atoms with E-state index in [0.717, 1.165) is 5.56 Å². The number of nitrogens with one attached hydrogen (secondary N) is 1. The molecule has 21 heavy (non-hydrogen) atoms. The van der Waals surface area contributed by atoms with Gasteiger partial charge in [0.1, 0.15) is 0 Å². The lowest BCUT2D eigenvalue weighted by molar-refractivity contribution is -0.118. The van der Waals surface area contributed by atoms with Crippen molar-refractivity contribution in [2.45, 2.75) is 12.5 Å². The van der Waals surface area contributed by atoms with Crippen LogP contribution in [0.3, 0.4) is 0 Å². The van der Waals surface area contributed by atoms with Crippen molar-refractivity contribution in [2.75, 3.05) is 19.0 Å². The monoisotopic (exact) mass is 312 g/mol. The standard InChI is InChI=1S/C13H16N4O3.ClH/c1-19-11(7-14)6-12(18)16-10-4-2-9(3-5-10)13-15-8-20-17-13;/h2-5,8,11H,6-7,14H2,1H3,(H,16,18);1H. The summed E-state index contributed by atoms with van der Waals surface area (Å²) in [5.41, 5.74) is 6.97. The molecule has 0 saturated heterocycles. The number of nitrogens with zero attached hydrogens (tertiary/aromatic N) is 2. The Balaban J connectivity index is 0.00000220. The molecule has 1 heterocycles. The molecule has 3 N–H and O–H groups in total. The number of amides is 1. The van der Waals surface area contributed by atoms with Crippen LogP contribution < -0.4 is 11.1 Å². The summed E-state index contributed by atoms with van der Waals surface area (Å²) < 4.78 is 9.74. The molecule has 1 unspecified atom stereocenters. The predicted octanol–water partition coefficient (Wildman–Crippen LogP) is 1.46. The fourth-order valence-electron chi connectivity index (χ4n) is 1.68. The summed E-state index contributed by atoms with van der Waals surface area (Å²) in [7, 11) is 1.53. The van der Waals surface area contributed by atoms with Crippen molar-refractivity contribution in [1.82, 2.24) is 10.1 Å². The number of nitrogens with two attached hydrogens (primary N) is 1. The largest absolute Gasteiger partial charge is 0.380 e. The van der Waals surface area contributed by atoms with Gasteiger partial charge in [0.2, 0.25) is 18.1 Å². The van der Waals surface area contributed by atoms with Gasteiger partial charge in [-0.1, -0.05) is 5.16 Å². The summed E-state index contributed by atoms with van der Waals surface area (Å²) in [6, 6.07) is 7.15. The first-order chi connectivity index (χ1) is 9.72. The lowest BCUT2D eigenvalue weighted by atomic mass is 10.2. The van der Waals surface area contributed by atoms with Crippen LogP contribution in [0.1, 0.15) is 6.42 Å². The van der Waals surface area contributed by atoms with Crippen molar-refractivity contribution in [3.8, 4) is 11.4 Å². The molecular weight excluding hydrogens is 296 g/mol. The molecule has 0 aliphatic rings. The van der Waals surface area contributed by atoms with Gasteiger partial charge in [-0.15, -0.1) is 12.4 Å². The topological polar surface area (TPSA) is 103 Å². The Labute approximate surface area is 128 Å². The summed E-state index contributed by atoms with van der Waals surface area (Å²) in [5.74, 6) is 0.361. The van der Waals surface area contributed by atoms with Crippen LogP contribution in [0.25, 0.3) is 11.4 Å². The van der Waals surface area contributed by atoms with E-state index in [9.17, 15) is 4.79 Å². The van der Waals surface area contributed by atoms with Crippen molar-refractivity contribution < 1.29 is 14.1 Å². The highest BCUT2D eigenvalue weighted by Crippen LogP contribution is 2.17. The SMILES string of the molecule is COC(CN)CC(=O)Nc1ccc(-c2ncon2)cc1.Cl. The first-order valence-electron chi connectivity index (χ1n) is 6.12. The third-order valence-corrected chi connectivity index (χ3v) is 2.80. The zero-order valence-electron chi connectivity index (χ0n) is 11.5. The van der Waals surface area contributed by atoms with Crippen molar-refractivity contribution in [3.63, 3.8) is 0 Å². The zero-order valence-corrected chi connectivity index (χ0v) is 12.3. The number of carbonyl (C=O) groups excluding carboxylic acids is 1. The third-order valence-electron chi connectivity index (χ3n) is 2.80. The van der Waals surface area contributed by atoms with Gasteiger partial charge in [0.05, 0.1) is 12.5 Å². The Kier molecular flexibility index (Phi) is 6.80. The fourth-order valence-corrected chi connectivity index (χ4v) is 1.68. The molecule has 0 bridgehead atoms. The summed E-state index contributed by atoms with van der Waals surface area (Å²) >= 11 is 0. The average Bonchev–Trinajstić information content (AvgIpc) is 2.99. The van der Waals surface area contributed by atoms with Gasteiger partial charge in [-0.3, -0.25) is 4.79 Å². The molecule has 0 spiro atoms. The van der Waals surface area contributed by atoms with Crippen molar-refractivity contribution >= 4 is 24.0 Å². The van der Waals surface area contributed by atoms with Crippen LogP contribution in [0, 0.1) is 0 Å². The van der Waals surface area contributed by atoms with E-state index in [-0.39, 0.29) is 30.8 Å². The van der Waals surface area contributed by atoms with E-state index in [4.69, 9.17) is 10.5 Å². The summed E-state index contributed by atoms with van der Waals surface area (Å²) in [6.07, 6.45) is 1.22. The second-order valence-electron chi connectivity index (χ2n) is 4.18. The highest BCUT2D eigenvalue weighted by atomic mass is 35.5. The maximum absolute atomic E-state index is 11.8. The molecule has 1 aromatic carbocycles. The van der Waals surface area contributed by atoms with Gasteiger partial charge >= 0.3 is 0 Å². The lowest BCUT2D eigenvalue weighted by Crippen LogP contribution is -2.28. The van der Waals surface area contributed by atoms with Crippen LogP contribution in [-0.4, -0.2) is 35.8 Å². The maximum Gasteiger partial charge on any atom is 0.227 e. The van der Waals surface area contributed by atoms with Crippen LogP contribution in [0.15, 0.2) is 35.2 Å². The first kappa shape index (κ1) is 17.1. The average molecular weight is 313 g/mol. The van der Waals surface area contributed by atoms with E-state index >= 15 is 0 Å². The lowest BCUT2D eigenvalue weighted by Gasteiger charge is -2.12. The number of benzene rings is 1. The smallest absolute Gasteiger partial charge is 0.227 e. The van der Waals surface area contributed by atoms with Crippen molar-refractivity contribution in [3.05, 3.63) is 30.7 Å². The minimum absolute atomic E-state index is 0. The second-order valence-corrected chi connectivity index (χ2v) is 4.18. The number of ether oxygens (including phenoxy) is 1. The van der Waals surface area contributed by atoms with E-state index in [2.05, 4.69) is 20.0 Å². The number of anilines is 1. The Morgan fingerprint density at radius 1 is 1.43 bits per heavy atom. The Morgan fingerprint density at radius 3 is 2.67 bits per heavy atom. The zero-order chi connectivity index (χ0) is 14.4. The van der Waals surface area contributed by atoms with E-state index in [0.29, 0.717) is 18.1 Å². The van der Waals surface area contributed by atoms with Crippen LogP contribution in [0.2, 0.25) is 0 Å². The molecule has 0 aliphatic heterocycles. The van der Waals surface area contributed by atoms with E-state index < -0.39 is 0 Å². The number of methoxy groups -OCH3 is 1. The molecular formula is C13H17ClN4O3. The quantitative estimate of drug-likeness (QED) is 0.837. The molecule has 1 atom stereocenters. The molecule has 0 aliphatic carbocycles. The Hall–Kier alpha value is -1.96. The van der Waals surface area contributed by atoms with Gasteiger partial charge in [-0.25, -0.2) is 0 Å². The van der Waals surface area contributed by atoms with Gasteiger partial charge in [-0.2, -0.15) is 4.98 Å². The van der Waals surface area contributed by atoms with Crippen LogP contribution in [0.4, 0.5) is 5.69 Å². The van der Waals surface area contributed by atoms with Gasteiger partial charge in [0.15, 0.2) is 0 Å². The molecule has 0 radical (unpaired) electrons. The summed E-state index contributed by atoms with van der Waals surface area (Å²) in [5, 5.41) is 6.51. The van der Waals surface area contributed by atoms with Crippen LogP contribution >= 0.6 is 12.4 Å². The van der Waals surface area contributed by atoms with E-state index in [1.807, 2.05) is 0 Å². The minimum atomic E-state index is -0.270. The molecule has 2 rings (SSSR count). The highest BCUT2D eigenvalue weighted by Gasteiger charge is 2.11. The number of aromatic nitrogens is 2. The summed E-state index contributed by atoms with van der Waals surface area (Å²) in [6.45, 7) is 0.306. The van der Waals surface area contributed by atoms with Gasteiger partial charge in [-0.05, 0) is 24.3 Å². The number of halogens is 1. The Bertz CT molecular complexity index is 541. The van der Waals surface area contributed by atoms with Gasteiger partial charge < -0.3 is 20.3 Å². The van der Waals surface area contributed by atoms with E-state index in [1.54, 1.807) is 24.3 Å². The van der Waals surface area contributed by atoms with Crippen LogP contribution in [-0.2, 0) is 9.53 Å². The van der Waals surface area contributed by atoms with Gasteiger partial charge in [0.25, 0.3) is 0 Å². The summed E-state index contributed by atoms with van der Waals surface area (Å²) in [4.78, 5) is 15.7. The second kappa shape index (κ2) is 8.35. The van der Waals surface area contributed by atoms with Crippen molar-refractivity contribution in [2.24, 2.45) is 5.73 Å². The molecule has 1 amide bonds. The van der Waals surface area contributed by atoms with Gasteiger partial charge in [0, 0.05) is 24.9 Å². The van der Waals surface area contributed by atoms with Crippen LogP contribution in [0.5, 0.6) is 0 Å². The molecule has 7 nitrogen and oxygen atoms in total.